The number of hydrogen-bond donors (Lipinski definition) is 1. The quantitative estimate of drug-likeness (QED) is 0.683. The molecule has 0 fully saturated rings. The molecule has 0 aliphatic carbocycles. The van der Waals surface area contributed by atoms with Crippen LogP contribution in [0.1, 0.15) is 21.1 Å². The Morgan fingerprint density at radius 2 is 2.08 bits per heavy atom. The molecule has 0 spiro atoms. The molecular formula is C17H13F2N3O2S. The molecule has 2 aromatic heterocycles. The number of carbonyl (C=O) groups is 1. The molecule has 3 rings (SSSR count). The molecule has 0 radical (unpaired) electrons. The number of aromatic nitrogens is 2. The van der Waals surface area contributed by atoms with Gasteiger partial charge in [-0.2, -0.15) is 0 Å². The van der Waals surface area contributed by atoms with Crippen molar-refractivity contribution >= 4 is 27.6 Å². The number of fused-ring (bicyclic) bond motifs is 1. The van der Waals surface area contributed by atoms with Gasteiger partial charge in [-0.25, -0.2) is 18.7 Å². The number of nitrogens with two attached hydrogens (primary N) is 1. The molecule has 0 saturated carbocycles. The monoisotopic (exact) mass is 361 g/mol. The molecule has 2 heterocycles. The lowest BCUT2D eigenvalue weighted by atomic mass is 10.2. The van der Waals surface area contributed by atoms with Crippen molar-refractivity contribution in [1.82, 2.24) is 9.97 Å². The molecule has 0 aliphatic rings. The van der Waals surface area contributed by atoms with Gasteiger partial charge in [-0.05, 0) is 24.3 Å². The third-order valence-electron chi connectivity index (χ3n) is 3.36. The zero-order valence-corrected chi connectivity index (χ0v) is 13.8. The summed E-state index contributed by atoms with van der Waals surface area (Å²) in [6.45, 7) is 3.63. The molecule has 0 aliphatic heterocycles. The minimum absolute atomic E-state index is 0.0431. The minimum atomic E-state index is -1.20. The largest absolute Gasteiger partial charge is 0.483 e. The van der Waals surface area contributed by atoms with Crippen molar-refractivity contribution in [2.75, 3.05) is 0 Å². The van der Waals surface area contributed by atoms with Crippen LogP contribution in [0.2, 0.25) is 0 Å². The van der Waals surface area contributed by atoms with Crippen LogP contribution in [0.25, 0.3) is 10.3 Å². The number of nitrogens with zero attached hydrogens (tertiary/aromatic N) is 2. The van der Waals surface area contributed by atoms with Crippen molar-refractivity contribution in [3.05, 3.63) is 64.8 Å². The van der Waals surface area contributed by atoms with E-state index in [1.54, 1.807) is 6.08 Å². The van der Waals surface area contributed by atoms with Gasteiger partial charge >= 0.3 is 0 Å². The van der Waals surface area contributed by atoms with Crippen molar-refractivity contribution in [1.29, 1.82) is 0 Å². The number of primary amides is 1. The van der Waals surface area contributed by atoms with E-state index < -0.39 is 23.1 Å². The fourth-order valence-corrected chi connectivity index (χ4v) is 3.10. The lowest BCUT2D eigenvalue weighted by Gasteiger charge is -2.08. The van der Waals surface area contributed by atoms with E-state index in [-0.39, 0.29) is 12.4 Å². The van der Waals surface area contributed by atoms with Gasteiger partial charge in [-0.15, -0.1) is 6.58 Å². The summed E-state index contributed by atoms with van der Waals surface area (Å²) in [7, 11) is 0. The van der Waals surface area contributed by atoms with E-state index in [1.165, 1.54) is 11.3 Å². The van der Waals surface area contributed by atoms with Crippen molar-refractivity contribution < 1.29 is 18.3 Å². The zero-order chi connectivity index (χ0) is 18.0. The van der Waals surface area contributed by atoms with Crippen LogP contribution in [0, 0.1) is 11.6 Å². The second-order valence-electron chi connectivity index (χ2n) is 5.11. The summed E-state index contributed by atoms with van der Waals surface area (Å²) in [5.41, 5.74) is 5.73. The zero-order valence-electron chi connectivity index (χ0n) is 13.0. The molecule has 128 valence electrons. The molecule has 0 unspecified atom stereocenters. The summed E-state index contributed by atoms with van der Waals surface area (Å²) in [6.07, 6.45) is 2.41. The van der Waals surface area contributed by atoms with E-state index in [1.807, 2.05) is 12.1 Å². The maximum Gasteiger partial charge on any atom is 0.254 e. The number of rotatable bonds is 6. The average molecular weight is 361 g/mol. The maximum atomic E-state index is 14.1. The molecule has 25 heavy (non-hydrogen) atoms. The highest BCUT2D eigenvalue weighted by atomic mass is 32.1. The summed E-state index contributed by atoms with van der Waals surface area (Å²) < 4.78 is 32.9. The van der Waals surface area contributed by atoms with Gasteiger partial charge in [0.15, 0.2) is 11.6 Å². The molecule has 0 saturated heterocycles. The number of thiazole rings is 1. The molecule has 1 aromatic carbocycles. The fourth-order valence-electron chi connectivity index (χ4n) is 2.23. The van der Waals surface area contributed by atoms with Crippen molar-refractivity contribution in [2.24, 2.45) is 5.73 Å². The summed E-state index contributed by atoms with van der Waals surface area (Å²) in [4.78, 5) is 20.7. The lowest BCUT2D eigenvalue weighted by molar-refractivity contribution is 0.0991. The van der Waals surface area contributed by atoms with E-state index in [2.05, 4.69) is 16.5 Å². The van der Waals surface area contributed by atoms with Gasteiger partial charge in [0.2, 0.25) is 0 Å². The predicted molar refractivity (Wildman–Crippen MR) is 90.5 cm³/mol. The van der Waals surface area contributed by atoms with Crippen LogP contribution in [-0.4, -0.2) is 15.9 Å². The Morgan fingerprint density at radius 1 is 1.28 bits per heavy atom. The average Bonchev–Trinajstić information content (AvgIpc) is 2.96. The molecule has 3 aromatic rings. The maximum absolute atomic E-state index is 14.1. The SMILES string of the molecule is C=CCc1ccc2nc(COc3ccc(F)c(C(N)=O)c3F)sc2n1. The van der Waals surface area contributed by atoms with Gasteiger partial charge in [0, 0.05) is 12.1 Å². The Hall–Kier alpha value is -2.87. The Morgan fingerprint density at radius 3 is 2.80 bits per heavy atom. The van der Waals surface area contributed by atoms with Crippen LogP contribution >= 0.6 is 11.3 Å². The first kappa shape index (κ1) is 17.0. The third kappa shape index (κ3) is 3.48. The highest BCUT2D eigenvalue weighted by Gasteiger charge is 2.19. The van der Waals surface area contributed by atoms with Crippen molar-refractivity contribution in [2.45, 2.75) is 13.0 Å². The first-order chi connectivity index (χ1) is 12.0. The second-order valence-corrected chi connectivity index (χ2v) is 6.18. The highest BCUT2D eigenvalue weighted by molar-refractivity contribution is 7.18. The van der Waals surface area contributed by atoms with E-state index in [0.717, 1.165) is 22.7 Å². The minimum Gasteiger partial charge on any atom is -0.483 e. The summed E-state index contributed by atoms with van der Waals surface area (Å²) in [5.74, 6) is -3.62. The molecule has 5 nitrogen and oxygen atoms in total. The van der Waals surface area contributed by atoms with Crippen LogP contribution in [0.15, 0.2) is 36.9 Å². The molecular weight excluding hydrogens is 348 g/mol. The van der Waals surface area contributed by atoms with Gasteiger partial charge in [0.05, 0.1) is 0 Å². The van der Waals surface area contributed by atoms with Crippen molar-refractivity contribution in [3.63, 3.8) is 0 Å². The van der Waals surface area contributed by atoms with Gasteiger partial charge < -0.3 is 10.5 Å². The summed E-state index contributed by atoms with van der Waals surface area (Å²) >= 11 is 1.31. The van der Waals surface area contributed by atoms with E-state index in [0.29, 0.717) is 16.9 Å². The van der Waals surface area contributed by atoms with E-state index in [9.17, 15) is 13.6 Å². The smallest absolute Gasteiger partial charge is 0.254 e. The molecule has 2 N–H and O–H groups in total. The van der Waals surface area contributed by atoms with Gasteiger partial charge in [-0.3, -0.25) is 4.79 Å². The number of pyridine rings is 1. The third-order valence-corrected chi connectivity index (χ3v) is 4.30. The standard InChI is InChI=1S/C17H13F2N3O2S/c1-2-3-9-4-6-11-17(21-9)25-13(22-11)8-24-12-7-5-10(18)14(15(12)19)16(20)23/h2,4-7H,1,3,8H2,(H2,20,23). The van der Waals surface area contributed by atoms with Crippen LogP contribution in [-0.2, 0) is 13.0 Å². The summed E-state index contributed by atoms with van der Waals surface area (Å²) in [6, 6.07) is 5.73. The van der Waals surface area contributed by atoms with E-state index in [4.69, 9.17) is 10.5 Å². The first-order valence-electron chi connectivity index (χ1n) is 7.26. The van der Waals surface area contributed by atoms with E-state index >= 15 is 0 Å². The fraction of sp³-hybridized carbons (Fsp3) is 0.118. The van der Waals surface area contributed by atoms with Crippen molar-refractivity contribution in [3.8, 4) is 5.75 Å². The lowest BCUT2D eigenvalue weighted by Crippen LogP contribution is -2.16. The first-order valence-corrected chi connectivity index (χ1v) is 8.08. The second kappa shape index (κ2) is 6.94. The Balaban J connectivity index is 1.82. The normalized spacial score (nSPS) is 10.8. The number of halogens is 2. The van der Waals surface area contributed by atoms with Gasteiger partial charge in [-0.1, -0.05) is 17.4 Å². The molecule has 0 bridgehead atoms. The Kier molecular flexibility index (Phi) is 4.71. The molecule has 8 heteroatoms. The van der Waals surface area contributed by atoms with Crippen LogP contribution in [0.5, 0.6) is 5.75 Å². The predicted octanol–water partition coefficient (Wildman–Crippen LogP) is 3.38. The van der Waals surface area contributed by atoms with Crippen LogP contribution in [0.4, 0.5) is 8.78 Å². The van der Waals surface area contributed by atoms with Crippen LogP contribution in [0.3, 0.4) is 0 Å². The Bertz CT molecular complexity index is 972. The van der Waals surface area contributed by atoms with Crippen LogP contribution < -0.4 is 10.5 Å². The topological polar surface area (TPSA) is 78.1 Å². The van der Waals surface area contributed by atoms with Gasteiger partial charge in [0.1, 0.15) is 33.3 Å². The molecule has 0 atom stereocenters. The highest BCUT2D eigenvalue weighted by Crippen LogP contribution is 2.26. The van der Waals surface area contributed by atoms with Gasteiger partial charge in [0.25, 0.3) is 5.91 Å². The Labute approximate surface area is 145 Å². The number of allylic oxidation sites excluding steroid dienone is 1. The molecule has 1 amide bonds. The number of ether oxygens (including phenoxy) is 1. The number of benzene rings is 1. The number of amides is 1. The number of hydrogen-bond acceptors (Lipinski definition) is 5. The number of carbonyl (C=O) groups excluding carboxylic acids is 1. The summed E-state index contributed by atoms with van der Waals surface area (Å²) in [5, 5.41) is 0.572.